The van der Waals surface area contributed by atoms with Gasteiger partial charge in [-0.1, -0.05) is 49.6 Å². The van der Waals surface area contributed by atoms with E-state index in [1.54, 1.807) is 12.5 Å². The van der Waals surface area contributed by atoms with E-state index in [4.69, 9.17) is 4.74 Å². The Bertz CT molecular complexity index is 628. The summed E-state index contributed by atoms with van der Waals surface area (Å²) in [5, 5.41) is 0. The second kappa shape index (κ2) is 6.34. The summed E-state index contributed by atoms with van der Waals surface area (Å²) in [4.78, 5) is 16.0. The van der Waals surface area contributed by atoms with Gasteiger partial charge in [0, 0.05) is 12.0 Å². The van der Waals surface area contributed by atoms with Crippen molar-refractivity contribution in [3.63, 3.8) is 0 Å². The van der Waals surface area contributed by atoms with Gasteiger partial charge in [-0.15, -0.1) is 0 Å². The Morgan fingerprint density at radius 2 is 1.95 bits per heavy atom. The molecule has 3 rings (SSSR count). The standard InChI is InChI=1S/C18H22N2O2/c1-22-17(21)16-12-19-14-20(16)13-18(10-6-3-7-11-18)15-8-4-2-5-9-15/h2,4-5,8-9,12,14H,3,6-7,10-11,13H2,1H3. The molecule has 4 heteroatoms. The van der Waals surface area contributed by atoms with Crippen molar-refractivity contribution in [2.24, 2.45) is 0 Å². The van der Waals surface area contributed by atoms with E-state index in [1.807, 2.05) is 4.57 Å². The average Bonchev–Trinajstić information content (AvgIpc) is 3.04. The van der Waals surface area contributed by atoms with Crippen LogP contribution in [0.5, 0.6) is 0 Å². The van der Waals surface area contributed by atoms with Crippen LogP contribution in [-0.2, 0) is 16.7 Å². The normalized spacial score (nSPS) is 17.1. The zero-order valence-electron chi connectivity index (χ0n) is 13.0. The van der Waals surface area contributed by atoms with Crippen molar-refractivity contribution in [2.75, 3.05) is 7.11 Å². The van der Waals surface area contributed by atoms with Gasteiger partial charge < -0.3 is 9.30 Å². The molecular formula is C18H22N2O2. The summed E-state index contributed by atoms with van der Waals surface area (Å²) < 4.78 is 6.81. The Hall–Kier alpha value is -2.10. The minimum Gasteiger partial charge on any atom is -0.464 e. The number of carbonyl (C=O) groups excluding carboxylic acids is 1. The third-order valence-corrected chi connectivity index (χ3v) is 4.78. The van der Waals surface area contributed by atoms with Crippen LogP contribution in [0.1, 0.15) is 48.2 Å². The molecule has 0 aliphatic heterocycles. The summed E-state index contributed by atoms with van der Waals surface area (Å²) in [5.74, 6) is -0.323. The summed E-state index contributed by atoms with van der Waals surface area (Å²) in [7, 11) is 1.41. The Morgan fingerprint density at radius 1 is 1.23 bits per heavy atom. The second-order valence-corrected chi connectivity index (χ2v) is 6.11. The van der Waals surface area contributed by atoms with Crippen molar-refractivity contribution >= 4 is 5.97 Å². The largest absolute Gasteiger partial charge is 0.464 e. The first kappa shape index (κ1) is 14.8. The van der Waals surface area contributed by atoms with Gasteiger partial charge in [-0.25, -0.2) is 9.78 Å². The molecule has 0 spiro atoms. The number of carbonyl (C=O) groups is 1. The molecule has 22 heavy (non-hydrogen) atoms. The topological polar surface area (TPSA) is 44.1 Å². The summed E-state index contributed by atoms with van der Waals surface area (Å²) >= 11 is 0. The van der Waals surface area contributed by atoms with E-state index in [0.717, 1.165) is 19.4 Å². The van der Waals surface area contributed by atoms with Gasteiger partial charge in [0.15, 0.2) is 0 Å². The zero-order chi connectivity index (χ0) is 15.4. The number of aromatic nitrogens is 2. The quantitative estimate of drug-likeness (QED) is 0.810. The molecular weight excluding hydrogens is 276 g/mol. The lowest BCUT2D eigenvalue weighted by Crippen LogP contribution is -2.34. The average molecular weight is 298 g/mol. The number of benzene rings is 1. The van der Waals surface area contributed by atoms with Gasteiger partial charge in [-0.2, -0.15) is 0 Å². The monoisotopic (exact) mass is 298 g/mol. The third-order valence-electron chi connectivity index (χ3n) is 4.78. The summed E-state index contributed by atoms with van der Waals surface area (Å²) in [5.41, 5.74) is 1.98. The van der Waals surface area contributed by atoms with Gasteiger partial charge >= 0.3 is 5.97 Å². The van der Waals surface area contributed by atoms with Crippen LogP contribution in [0, 0.1) is 0 Å². The van der Waals surface area contributed by atoms with Crippen LogP contribution in [0.2, 0.25) is 0 Å². The van der Waals surface area contributed by atoms with Crippen molar-refractivity contribution in [2.45, 2.75) is 44.1 Å². The molecule has 1 aromatic heterocycles. The summed E-state index contributed by atoms with van der Waals surface area (Å²) in [6.07, 6.45) is 9.39. The van der Waals surface area contributed by atoms with E-state index in [0.29, 0.717) is 5.69 Å². The summed E-state index contributed by atoms with van der Waals surface area (Å²) in [6, 6.07) is 10.7. The number of methoxy groups -OCH3 is 1. The first-order chi connectivity index (χ1) is 10.7. The lowest BCUT2D eigenvalue weighted by molar-refractivity contribution is 0.0585. The Balaban J connectivity index is 1.95. The molecule has 1 saturated carbocycles. The molecule has 1 fully saturated rings. The molecule has 0 radical (unpaired) electrons. The lowest BCUT2D eigenvalue weighted by Gasteiger charge is -2.38. The van der Waals surface area contributed by atoms with Crippen LogP contribution in [-0.4, -0.2) is 22.6 Å². The highest BCUT2D eigenvalue weighted by molar-refractivity contribution is 5.87. The molecule has 0 atom stereocenters. The number of hydrogen-bond donors (Lipinski definition) is 0. The van der Waals surface area contributed by atoms with E-state index >= 15 is 0 Å². The van der Waals surface area contributed by atoms with Crippen molar-refractivity contribution in [3.05, 3.63) is 54.1 Å². The highest BCUT2D eigenvalue weighted by Crippen LogP contribution is 2.41. The molecule has 0 N–H and O–H groups in total. The predicted molar refractivity (Wildman–Crippen MR) is 84.8 cm³/mol. The summed E-state index contributed by atoms with van der Waals surface area (Å²) in [6.45, 7) is 0.779. The fourth-order valence-corrected chi connectivity index (χ4v) is 3.61. The lowest BCUT2D eigenvalue weighted by atomic mass is 9.69. The van der Waals surface area contributed by atoms with E-state index in [9.17, 15) is 4.79 Å². The Morgan fingerprint density at radius 3 is 2.64 bits per heavy atom. The molecule has 1 aliphatic rings. The van der Waals surface area contributed by atoms with Crippen LogP contribution >= 0.6 is 0 Å². The molecule has 1 aromatic carbocycles. The number of esters is 1. The molecule has 4 nitrogen and oxygen atoms in total. The number of ether oxygens (including phenoxy) is 1. The first-order valence-electron chi connectivity index (χ1n) is 7.89. The highest BCUT2D eigenvalue weighted by Gasteiger charge is 2.35. The van der Waals surface area contributed by atoms with E-state index < -0.39 is 0 Å². The maximum absolute atomic E-state index is 11.9. The van der Waals surface area contributed by atoms with Crippen molar-refractivity contribution < 1.29 is 9.53 Å². The van der Waals surface area contributed by atoms with Gasteiger partial charge in [0.1, 0.15) is 5.69 Å². The van der Waals surface area contributed by atoms with E-state index in [1.165, 1.54) is 31.9 Å². The molecule has 1 aliphatic carbocycles. The molecule has 1 heterocycles. The maximum Gasteiger partial charge on any atom is 0.356 e. The van der Waals surface area contributed by atoms with Crippen molar-refractivity contribution in [1.82, 2.24) is 9.55 Å². The zero-order valence-corrected chi connectivity index (χ0v) is 13.0. The van der Waals surface area contributed by atoms with E-state index in [2.05, 4.69) is 35.3 Å². The molecule has 116 valence electrons. The molecule has 0 saturated heterocycles. The van der Waals surface area contributed by atoms with Crippen LogP contribution in [0.3, 0.4) is 0 Å². The van der Waals surface area contributed by atoms with Gasteiger partial charge in [-0.05, 0) is 18.4 Å². The fourth-order valence-electron chi connectivity index (χ4n) is 3.61. The van der Waals surface area contributed by atoms with Crippen molar-refractivity contribution in [3.8, 4) is 0 Å². The van der Waals surface area contributed by atoms with Crippen LogP contribution < -0.4 is 0 Å². The second-order valence-electron chi connectivity index (χ2n) is 6.11. The number of nitrogens with zero attached hydrogens (tertiary/aromatic N) is 2. The third kappa shape index (κ3) is 2.78. The SMILES string of the molecule is COC(=O)c1cncn1CC1(c2ccccc2)CCCCC1. The van der Waals surface area contributed by atoms with E-state index in [-0.39, 0.29) is 11.4 Å². The Kier molecular flexibility index (Phi) is 4.27. The number of imidazole rings is 1. The van der Waals surface area contributed by atoms with Crippen LogP contribution in [0.4, 0.5) is 0 Å². The van der Waals surface area contributed by atoms with Gasteiger partial charge in [0.05, 0.1) is 19.6 Å². The smallest absolute Gasteiger partial charge is 0.356 e. The van der Waals surface area contributed by atoms with Gasteiger partial charge in [0.2, 0.25) is 0 Å². The molecule has 2 aromatic rings. The fraction of sp³-hybridized carbons (Fsp3) is 0.444. The van der Waals surface area contributed by atoms with Crippen LogP contribution in [0.25, 0.3) is 0 Å². The molecule has 0 amide bonds. The Labute approximate surface area is 131 Å². The molecule has 0 bridgehead atoms. The maximum atomic E-state index is 11.9. The minimum absolute atomic E-state index is 0.0863. The van der Waals surface area contributed by atoms with Crippen molar-refractivity contribution in [1.29, 1.82) is 0 Å². The van der Waals surface area contributed by atoms with Gasteiger partial charge in [-0.3, -0.25) is 0 Å². The van der Waals surface area contributed by atoms with Crippen LogP contribution in [0.15, 0.2) is 42.9 Å². The highest BCUT2D eigenvalue weighted by atomic mass is 16.5. The predicted octanol–water partition coefficient (Wildman–Crippen LogP) is 3.57. The number of hydrogen-bond acceptors (Lipinski definition) is 3. The molecule has 0 unspecified atom stereocenters. The number of rotatable bonds is 4. The minimum atomic E-state index is -0.323. The first-order valence-corrected chi connectivity index (χ1v) is 7.89. The van der Waals surface area contributed by atoms with Gasteiger partial charge in [0.25, 0.3) is 0 Å².